The van der Waals surface area contributed by atoms with E-state index in [0.717, 1.165) is 17.3 Å². The van der Waals surface area contributed by atoms with Crippen LogP contribution in [-0.4, -0.2) is 37.1 Å². The lowest BCUT2D eigenvalue weighted by atomic mass is 9.91. The van der Waals surface area contributed by atoms with Gasteiger partial charge in [0.25, 0.3) is 0 Å². The summed E-state index contributed by atoms with van der Waals surface area (Å²) in [5, 5.41) is 6.29. The van der Waals surface area contributed by atoms with Crippen molar-refractivity contribution in [3.8, 4) is 0 Å². The van der Waals surface area contributed by atoms with E-state index in [1.165, 1.54) is 6.07 Å². The number of pyridine rings is 1. The third-order valence-corrected chi connectivity index (χ3v) is 10.7. The number of nitrogens with two attached hydrogens (primary N) is 1. The molecule has 1 aliphatic carbocycles. The van der Waals surface area contributed by atoms with Gasteiger partial charge in [-0.05, 0) is 84.8 Å². The standard InChI is InChI=1S/C33H33FN4O5S/c1-18-13-21-3-9-25(18)19(2)17-43-33(40)38-22-6-12-30(44(41,42)24-7-8-24)20(14-22)4-11-29(39)31(21)37-23-5-10-26-27(15-23)28(34)16-36-32(26)35/h3,5-6,9-10,12-16,19,24,31,37H,4,7-8,11,17H2,1-2H3,(H2,35,36)(H,38,40)/t19-,31+/m0/s1. The molecule has 2 atom stereocenters. The molecular weight excluding hydrogens is 583 g/mol. The van der Waals surface area contributed by atoms with Gasteiger partial charge >= 0.3 is 6.09 Å². The van der Waals surface area contributed by atoms with Crippen LogP contribution in [0.5, 0.6) is 0 Å². The molecule has 44 heavy (non-hydrogen) atoms. The number of fused-ring (bicyclic) bond motifs is 10. The molecular formula is C33H33FN4O5S. The molecule has 0 spiro atoms. The van der Waals surface area contributed by atoms with E-state index in [1.54, 1.807) is 30.3 Å². The fraction of sp³-hybridized carbons (Fsp3) is 0.303. The minimum absolute atomic E-state index is 0.00870. The Kier molecular flexibility index (Phi) is 7.75. The van der Waals surface area contributed by atoms with Crippen molar-refractivity contribution in [2.45, 2.75) is 61.6 Å². The summed E-state index contributed by atoms with van der Waals surface area (Å²) >= 11 is 0. The number of sulfone groups is 1. The quantitative estimate of drug-likeness (QED) is 0.245. The summed E-state index contributed by atoms with van der Waals surface area (Å²) in [7, 11) is -3.58. The second-order valence-corrected chi connectivity index (χ2v) is 13.8. The van der Waals surface area contributed by atoms with Crippen molar-refractivity contribution < 1.29 is 27.1 Å². The molecule has 1 amide bonds. The summed E-state index contributed by atoms with van der Waals surface area (Å²) in [6.45, 7) is 3.99. The first kappa shape index (κ1) is 29.6. The summed E-state index contributed by atoms with van der Waals surface area (Å²) in [5.41, 5.74) is 9.87. The van der Waals surface area contributed by atoms with Crippen molar-refractivity contribution in [2.24, 2.45) is 0 Å². The summed E-state index contributed by atoms with van der Waals surface area (Å²) < 4.78 is 46.7. The van der Waals surface area contributed by atoms with Crippen LogP contribution in [0.15, 0.2) is 65.7 Å². The molecule has 7 rings (SSSR count). The zero-order valence-electron chi connectivity index (χ0n) is 24.4. The number of nitrogen functional groups attached to an aromatic ring is 1. The Hall–Kier alpha value is -4.51. The van der Waals surface area contributed by atoms with Crippen molar-refractivity contribution in [1.82, 2.24) is 4.98 Å². The summed E-state index contributed by atoms with van der Waals surface area (Å²) in [4.78, 5) is 30.7. The summed E-state index contributed by atoms with van der Waals surface area (Å²) in [6, 6.07) is 14.5. The average molecular weight is 617 g/mol. The van der Waals surface area contributed by atoms with Crippen LogP contribution in [0.25, 0.3) is 10.8 Å². The highest BCUT2D eigenvalue weighted by Crippen LogP contribution is 2.37. The predicted octanol–water partition coefficient (Wildman–Crippen LogP) is 6.22. The molecule has 0 unspecified atom stereocenters. The molecule has 4 bridgehead atoms. The Labute approximate surface area is 254 Å². The van der Waals surface area contributed by atoms with Crippen LogP contribution in [0.3, 0.4) is 0 Å². The fourth-order valence-electron chi connectivity index (χ4n) is 5.80. The minimum atomic E-state index is -3.58. The van der Waals surface area contributed by atoms with Gasteiger partial charge in [-0.3, -0.25) is 10.1 Å². The van der Waals surface area contributed by atoms with Crippen molar-refractivity contribution >= 4 is 49.7 Å². The second kappa shape index (κ2) is 11.5. The average Bonchev–Trinajstić information content (AvgIpc) is 3.86. The van der Waals surface area contributed by atoms with E-state index in [-0.39, 0.29) is 47.2 Å². The Balaban J connectivity index is 1.40. The minimum Gasteiger partial charge on any atom is -0.449 e. The molecule has 2 aliphatic heterocycles. The maximum Gasteiger partial charge on any atom is 0.411 e. The van der Waals surface area contributed by atoms with Gasteiger partial charge in [-0.25, -0.2) is 22.6 Å². The number of carbonyl (C=O) groups is 2. The number of halogens is 1. The van der Waals surface area contributed by atoms with Crippen LogP contribution in [-0.2, 0) is 25.8 Å². The number of hydrogen-bond donors (Lipinski definition) is 3. The van der Waals surface area contributed by atoms with Crippen LogP contribution in [0, 0.1) is 12.7 Å². The number of nitrogens with one attached hydrogen (secondary N) is 2. The van der Waals surface area contributed by atoms with Crippen molar-refractivity contribution in [3.05, 3.63) is 88.9 Å². The highest BCUT2D eigenvalue weighted by atomic mass is 32.2. The van der Waals surface area contributed by atoms with E-state index >= 15 is 0 Å². The van der Waals surface area contributed by atoms with Gasteiger partial charge in [-0.1, -0.05) is 25.1 Å². The molecule has 0 saturated heterocycles. The monoisotopic (exact) mass is 616 g/mol. The van der Waals surface area contributed by atoms with E-state index in [4.69, 9.17) is 10.5 Å². The van der Waals surface area contributed by atoms with E-state index < -0.39 is 33.0 Å². The summed E-state index contributed by atoms with van der Waals surface area (Å²) in [6.07, 6.45) is 1.75. The highest BCUT2D eigenvalue weighted by Gasteiger charge is 2.38. The number of aromatic nitrogens is 1. The van der Waals surface area contributed by atoms with E-state index in [2.05, 4.69) is 15.6 Å². The maximum absolute atomic E-state index is 14.7. The van der Waals surface area contributed by atoms with Gasteiger partial charge in [0.15, 0.2) is 15.6 Å². The van der Waals surface area contributed by atoms with E-state index in [9.17, 15) is 22.4 Å². The number of hydrogen-bond acceptors (Lipinski definition) is 8. The number of rotatable bonds is 4. The number of carbonyl (C=O) groups excluding carboxylic acids is 2. The molecule has 9 nitrogen and oxygen atoms in total. The first-order chi connectivity index (χ1) is 21.0. The number of nitrogens with zero attached hydrogens (tertiary/aromatic N) is 1. The number of aryl methyl sites for hydroxylation is 2. The SMILES string of the molecule is Cc1cc2ccc1[C@@H](C)COC(=O)Nc1ccc(S(=O)(=O)C3CC3)c(c1)CCC(=O)[C@@H]2Nc1ccc2c(N)ncc(F)c2c1. The molecule has 4 aromatic rings. The number of anilines is 3. The normalized spacial score (nSPS) is 19.4. The number of Topliss-reactive ketones (excluding diaryl/α,β-unsaturated/α-hetero) is 1. The Bertz CT molecular complexity index is 1910. The topological polar surface area (TPSA) is 140 Å². The zero-order chi connectivity index (χ0) is 31.2. The maximum atomic E-state index is 14.7. The number of amides is 1. The number of ketones is 1. The third-order valence-electron chi connectivity index (χ3n) is 8.34. The number of ether oxygens (including phenoxy) is 1. The first-order valence-corrected chi connectivity index (χ1v) is 16.1. The Morgan fingerprint density at radius 2 is 1.82 bits per heavy atom. The van der Waals surface area contributed by atoms with Crippen LogP contribution in [0.4, 0.5) is 26.4 Å². The largest absolute Gasteiger partial charge is 0.449 e. The van der Waals surface area contributed by atoms with E-state index in [1.807, 2.05) is 32.0 Å². The van der Waals surface area contributed by atoms with Gasteiger partial charge < -0.3 is 15.8 Å². The van der Waals surface area contributed by atoms with Gasteiger partial charge in [0, 0.05) is 34.5 Å². The molecule has 3 heterocycles. The molecule has 4 N–H and O–H groups in total. The van der Waals surface area contributed by atoms with Crippen molar-refractivity contribution in [2.75, 3.05) is 23.0 Å². The summed E-state index contributed by atoms with van der Waals surface area (Å²) in [5.74, 6) is -0.642. The van der Waals surface area contributed by atoms with E-state index in [0.29, 0.717) is 40.7 Å². The Morgan fingerprint density at radius 3 is 2.57 bits per heavy atom. The van der Waals surface area contributed by atoms with Crippen LogP contribution >= 0.6 is 0 Å². The van der Waals surface area contributed by atoms with Gasteiger partial charge in [0.2, 0.25) is 0 Å². The highest BCUT2D eigenvalue weighted by molar-refractivity contribution is 7.92. The lowest BCUT2D eigenvalue weighted by molar-refractivity contribution is -0.119. The molecule has 1 saturated carbocycles. The van der Waals surface area contributed by atoms with Crippen molar-refractivity contribution in [1.29, 1.82) is 0 Å². The van der Waals surface area contributed by atoms with Gasteiger partial charge in [0.1, 0.15) is 17.7 Å². The molecule has 3 aromatic carbocycles. The van der Waals surface area contributed by atoms with Crippen LogP contribution in [0.2, 0.25) is 0 Å². The third kappa shape index (κ3) is 5.84. The van der Waals surface area contributed by atoms with Crippen LogP contribution < -0.4 is 16.4 Å². The second-order valence-electron chi connectivity index (χ2n) is 11.6. The predicted molar refractivity (Wildman–Crippen MR) is 167 cm³/mol. The fourth-order valence-corrected chi connectivity index (χ4v) is 7.70. The first-order valence-electron chi connectivity index (χ1n) is 14.6. The Morgan fingerprint density at radius 1 is 1.02 bits per heavy atom. The molecule has 3 aliphatic rings. The molecule has 1 fully saturated rings. The molecule has 11 heteroatoms. The van der Waals surface area contributed by atoms with Gasteiger partial charge in [-0.15, -0.1) is 0 Å². The number of benzene rings is 3. The van der Waals surface area contributed by atoms with Crippen molar-refractivity contribution in [3.63, 3.8) is 0 Å². The smallest absolute Gasteiger partial charge is 0.411 e. The lowest BCUT2D eigenvalue weighted by Crippen LogP contribution is -2.23. The molecule has 1 aromatic heterocycles. The van der Waals surface area contributed by atoms with Gasteiger partial charge in [0.05, 0.1) is 22.9 Å². The lowest BCUT2D eigenvalue weighted by Gasteiger charge is -2.23. The zero-order valence-corrected chi connectivity index (χ0v) is 25.2. The van der Waals surface area contributed by atoms with Crippen LogP contribution in [0.1, 0.15) is 60.4 Å². The van der Waals surface area contributed by atoms with Gasteiger partial charge in [-0.2, -0.15) is 0 Å². The molecule has 0 radical (unpaired) electrons. The molecule has 228 valence electrons.